The highest BCUT2D eigenvalue weighted by molar-refractivity contribution is 7.99. The number of para-hydroxylation sites is 1. The number of aromatic nitrogens is 1. The Kier molecular flexibility index (Phi) is 5.27. The number of rotatable bonds is 5. The molecule has 0 fully saturated rings. The minimum absolute atomic E-state index is 0.119. The lowest BCUT2D eigenvalue weighted by molar-refractivity contribution is 0.102. The maximum atomic E-state index is 12.6. The second-order valence-corrected chi connectivity index (χ2v) is 7.90. The van der Waals surface area contributed by atoms with E-state index in [2.05, 4.69) is 50.2 Å². The standard InChI is InChI=1S/C25H21NOS/c1-17-7-6-10-22-18(2)15-24(26-25(17)22)28-16-23(27)21-13-11-20(12-14-21)19-8-4-3-5-9-19/h3-15H,16H2,1-2H3. The number of thioether (sulfide) groups is 1. The molecule has 138 valence electrons. The Morgan fingerprint density at radius 1 is 0.821 bits per heavy atom. The van der Waals surface area contributed by atoms with Crippen LogP contribution in [0.3, 0.4) is 0 Å². The van der Waals surface area contributed by atoms with E-state index in [1.165, 1.54) is 22.7 Å². The SMILES string of the molecule is Cc1cc(SCC(=O)c2ccc(-c3ccccc3)cc2)nc2c(C)cccc12. The van der Waals surface area contributed by atoms with Gasteiger partial charge in [0.1, 0.15) is 0 Å². The van der Waals surface area contributed by atoms with Gasteiger partial charge in [-0.25, -0.2) is 4.98 Å². The number of nitrogens with zero attached hydrogens (tertiary/aromatic N) is 1. The Morgan fingerprint density at radius 3 is 2.29 bits per heavy atom. The largest absolute Gasteiger partial charge is 0.293 e. The lowest BCUT2D eigenvalue weighted by atomic mass is 10.0. The van der Waals surface area contributed by atoms with Gasteiger partial charge in [-0.3, -0.25) is 4.79 Å². The van der Waals surface area contributed by atoms with Crippen LogP contribution in [0.2, 0.25) is 0 Å². The summed E-state index contributed by atoms with van der Waals surface area (Å²) in [5, 5.41) is 2.07. The van der Waals surface area contributed by atoms with Crippen LogP contribution >= 0.6 is 11.8 Å². The van der Waals surface area contributed by atoms with Gasteiger partial charge in [0.2, 0.25) is 0 Å². The molecule has 0 aliphatic carbocycles. The third-order valence-corrected chi connectivity index (χ3v) is 5.80. The number of carbonyl (C=O) groups is 1. The Bertz CT molecular complexity index is 1130. The molecular formula is C25H21NOS. The molecule has 4 rings (SSSR count). The third-order valence-electron chi connectivity index (χ3n) is 4.89. The van der Waals surface area contributed by atoms with E-state index in [1.54, 1.807) is 0 Å². The fraction of sp³-hybridized carbons (Fsp3) is 0.120. The Hall–Kier alpha value is -2.91. The molecule has 3 aromatic carbocycles. The van der Waals surface area contributed by atoms with Gasteiger partial charge < -0.3 is 0 Å². The van der Waals surface area contributed by atoms with Gasteiger partial charge in [0.25, 0.3) is 0 Å². The summed E-state index contributed by atoms with van der Waals surface area (Å²) in [6.45, 7) is 4.17. The molecule has 2 nitrogen and oxygen atoms in total. The molecule has 0 N–H and O–H groups in total. The minimum atomic E-state index is 0.119. The number of hydrogen-bond donors (Lipinski definition) is 0. The normalized spacial score (nSPS) is 10.9. The van der Waals surface area contributed by atoms with Crippen LogP contribution < -0.4 is 0 Å². The van der Waals surface area contributed by atoms with Crippen LogP contribution in [0.15, 0.2) is 83.9 Å². The maximum absolute atomic E-state index is 12.6. The predicted octanol–water partition coefficient (Wildman–Crippen LogP) is 6.49. The van der Waals surface area contributed by atoms with Gasteiger partial charge in [-0.15, -0.1) is 0 Å². The molecule has 1 aromatic heterocycles. The fourth-order valence-electron chi connectivity index (χ4n) is 3.31. The summed E-state index contributed by atoms with van der Waals surface area (Å²) in [6.07, 6.45) is 0. The minimum Gasteiger partial charge on any atom is -0.293 e. The summed E-state index contributed by atoms with van der Waals surface area (Å²) in [7, 11) is 0. The molecule has 0 saturated heterocycles. The van der Waals surface area contributed by atoms with Crippen LogP contribution in [0.1, 0.15) is 21.5 Å². The number of ketones is 1. The molecule has 0 atom stereocenters. The van der Waals surface area contributed by atoms with Crippen LogP contribution in [0, 0.1) is 13.8 Å². The van der Waals surface area contributed by atoms with E-state index in [4.69, 9.17) is 4.98 Å². The van der Waals surface area contributed by atoms with Crippen molar-refractivity contribution in [1.29, 1.82) is 0 Å². The van der Waals surface area contributed by atoms with Gasteiger partial charge in [-0.2, -0.15) is 0 Å². The topological polar surface area (TPSA) is 30.0 Å². The highest BCUT2D eigenvalue weighted by atomic mass is 32.2. The summed E-state index contributed by atoms with van der Waals surface area (Å²) in [6, 6.07) is 26.3. The smallest absolute Gasteiger partial charge is 0.173 e. The van der Waals surface area contributed by atoms with Crippen LogP contribution in [-0.2, 0) is 0 Å². The average molecular weight is 384 g/mol. The van der Waals surface area contributed by atoms with Gasteiger partial charge in [-0.05, 0) is 42.2 Å². The first-order chi connectivity index (χ1) is 13.6. The first kappa shape index (κ1) is 18.5. The van der Waals surface area contributed by atoms with Crippen molar-refractivity contribution in [2.24, 2.45) is 0 Å². The molecule has 0 aliphatic rings. The number of aryl methyl sites for hydroxylation is 2. The van der Waals surface area contributed by atoms with E-state index in [0.717, 1.165) is 32.8 Å². The zero-order chi connectivity index (χ0) is 19.5. The van der Waals surface area contributed by atoms with Crippen LogP contribution in [0.4, 0.5) is 0 Å². The molecule has 0 amide bonds. The van der Waals surface area contributed by atoms with E-state index in [-0.39, 0.29) is 5.78 Å². The van der Waals surface area contributed by atoms with Crippen LogP contribution in [0.25, 0.3) is 22.0 Å². The van der Waals surface area contributed by atoms with Crippen molar-refractivity contribution in [2.75, 3.05) is 5.75 Å². The number of Topliss-reactive ketones (excluding diaryl/α,β-unsaturated/α-hetero) is 1. The molecule has 4 aromatic rings. The number of fused-ring (bicyclic) bond motifs is 1. The van der Waals surface area contributed by atoms with E-state index in [0.29, 0.717) is 5.75 Å². The van der Waals surface area contributed by atoms with E-state index in [9.17, 15) is 4.79 Å². The molecule has 28 heavy (non-hydrogen) atoms. The Balaban J connectivity index is 1.49. The van der Waals surface area contributed by atoms with Crippen LogP contribution in [-0.4, -0.2) is 16.5 Å². The molecule has 0 bridgehead atoms. The quantitative estimate of drug-likeness (QED) is 0.291. The monoisotopic (exact) mass is 383 g/mol. The van der Waals surface area contributed by atoms with Crippen LogP contribution in [0.5, 0.6) is 0 Å². The fourth-order valence-corrected chi connectivity index (χ4v) is 4.17. The van der Waals surface area contributed by atoms with Gasteiger partial charge >= 0.3 is 0 Å². The van der Waals surface area contributed by atoms with Crippen molar-refractivity contribution in [2.45, 2.75) is 18.9 Å². The molecular weight excluding hydrogens is 362 g/mol. The summed E-state index contributed by atoms with van der Waals surface area (Å²) in [4.78, 5) is 17.4. The van der Waals surface area contributed by atoms with Gasteiger partial charge in [0.05, 0.1) is 16.3 Å². The van der Waals surface area contributed by atoms with Crippen molar-refractivity contribution in [3.05, 3.63) is 95.6 Å². The summed E-state index contributed by atoms with van der Waals surface area (Å²) in [5.41, 5.74) is 6.38. The third kappa shape index (κ3) is 3.85. The molecule has 0 unspecified atom stereocenters. The van der Waals surface area contributed by atoms with Crippen molar-refractivity contribution in [1.82, 2.24) is 4.98 Å². The molecule has 0 aliphatic heterocycles. The van der Waals surface area contributed by atoms with Gasteiger partial charge in [-0.1, -0.05) is 84.6 Å². The van der Waals surface area contributed by atoms with E-state index >= 15 is 0 Å². The number of pyridine rings is 1. The zero-order valence-corrected chi connectivity index (χ0v) is 16.8. The summed E-state index contributed by atoms with van der Waals surface area (Å²) < 4.78 is 0. The van der Waals surface area contributed by atoms with Crippen molar-refractivity contribution in [3.63, 3.8) is 0 Å². The van der Waals surface area contributed by atoms with Gasteiger partial charge in [0.15, 0.2) is 5.78 Å². The molecule has 3 heteroatoms. The van der Waals surface area contributed by atoms with Crippen molar-refractivity contribution < 1.29 is 4.79 Å². The second-order valence-electron chi connectivity index (χ2n) is 6.90. The number of carbonyl (C=O) groups excluding carboxylic acids is 1. The second kappa shape index (κ2) is 7.99. The lowest BCUT2D eigenvalue weighted by Gasteiger charge is -2.08. The molecule has 0 radical (unpaired) electrons. The van der Waals surface area contributed by atoms with Crippen molar-refractivity contribution in [3.8, 4) is 11.1 Å². The molecule has 0 saturated carbocycles. The average Bonchev–Trinajstić information content (AvgIpc) is 2.73. The Morgan fingerprint density at radius 2 is 1.54 bits per heavy atom. The first-order valence-electron chi connectivity index (χ1n) is 9.30. The summed E-state index contributed by atoms with van der Waals surface area (Å²) >= 11 is 1.50. The van der Waals surface area contributed by atoms with Gasteiger partial charge in [0, 0.05) is 10.9 Å². The zero-order valence-electron chi connectivity index (χ0n) is 16.0. The Labute approximate surface area is 169 Å². The van der Waals surface area contributed by atoms with E-state index in [1.807, 2.05) is 42.5 Å². The first-order valence-corrected chi connectivity index (χ1v) is 10.3. The summed E-state index contributed by atoms with van der Waals surface area (Å²) in [5.74, 6) is 0.503. The molecule has 1 heterocycles. The van der Waals surface area contributed by atoms with E-state index < -0.39 is 0 Å². The number of hydrogen-bond acceptors (Lipinski definition) is 3. The number of benzene rings is 3. The molecule has 0 spiro atoms. The highest BCUT2D eigenvalue weighted by Crippen LogP contribution is 2.26. The highest BCUT2D eigenvalue weighted by Gasteiger charge is 2.10. The van der Waals surface area contributed by atoms with Crippen molar-refractivity contribution >= 4 is 28.4 Å². The maximum Gasteiger partial charge on any atom is 0.173 e. The predicted molar refractivity (Wildman–Crippen MR) is 118 cm³/mol. The lowest BCUT2D eigenvalue weighted by Crippen LogP contribution is -2.02.